The van der Waals surface area contributed by atoms with Crippen molar-refractivity contribution in [3.63, 3.8) is 0 Å². The molecule has 0 saturated carbocycles. The minimum atomic E-state index is -0.458. The Bertz CT molecular complexity index is 1370. The maximum absolute atomic E-state index is 14.0. The lowest BCUT2D eigenvalue weighted by Gasteiger charge is -2.29. The maximum atomic E-state index is 14.0. The molecule has 190 valence electrons. The number of anilines is 1. The van der Waals surface area contributed by atoms with E-state index in [-0.39, 0.29) is 5.91 Å². The first-order valence-corrected chi connectivity index (χ1v) is 12.5. The van der Waals surface area contributed by atoms with Crippen LogP contribution in [0.4, 0.5) is 5.69 Å². The lowest BCUT2D eigenvalue weighted by molar-refractivity contribution is -0.115. The molecule has 7 nitrogen and oxygen atoms in total. The van der Waals surface area contributed by atoms with Crippen LogP contribution >= 0.6 is 11.6 Å². The lowest BCUT2D eigenvalue weighted by Crippen LogP contribution is -2.33. The van der Waals surface area contributed by atoms with Crippen molar-refractivity contribution in [1.82, 2.24) is 5.32 Å². The molecule has 3 aromatic carbocycles. The first-order valence-electron chi connectivity index (χ1n) is 12.1. The van der Waals surface area contributed by atoms with Gasteiger partial charge in [0.25, 0.3) is 5.91 Å². The van der Waals surface area contributed by atoms with E-state index in [2.05, 4.69) is 5.32 Å². The Morgan fingerprint density at radius 2 is 1.73 bits per heavy atom. The monoisotopic (exact) mass is 517 g/mol. The van der Waals surface area contributed by atoms with Crippen LogP contribution in [0.3, 0.4) is 0 Å². The highest BCUT2D eigenvalue weighted by Crippen LogP contribution is 2.44. The molecule has 37 heavy (non-hydrogen) atoms. The van der Waals surface area contributed by atoms with E-state index in [1.807, 2.05) is 73.7 Å². The van der Waals surface area contributed by atoms with E-state index >= 15 is 0 Å². The molecule has 5 rings (SSSR count). The van der Waals surface area contributed by atoms with Crippen LogP contribution in [0.1, 0.15) is 24.1 Å². The van der Waals surface area contributed by atoms with Crippen LogP contribution in [0.2, 0.25) is 5.02 Å². The summed E-state index contributed by atoms with van der Waals surface area (Å²) >= 11 is 6.18. The van der Waals surface area contributed by atoms with Gasteiger partial charge in [0.1, 0.15) is 11.4 Å². The van der Waals surface area contributed by atoms with Gasteiger partial charge in [0.05, 0.1) is 39.1 Å². The largest absolute Gasteiger partial charge is 0.494 e. The highest BCUT2D eigenvalue weighted by Gasteiger charge is 2.44. The summed E-state index contributed by atoms with van der Waals surface area (Å²) < 4.78 is 16.7. The van der Waals surface area contributed by atoms with Crippen LogP contribution in [0, 0.1) is 0 Å². The summed E-state index contributed by atoms with van der Waals surface area (Å²) in [6, 6.07) is 20.4. The zero-order chi connectivity index (χ0) is 25.9. The summed E-state index contributed by atoms with van der Waals surface area (Å²) in [5, 5.41) is 3.99. The lowest BCUT2D eigenvalue weighted by atomic mass is 9.91. The molecule has 2 aliphatic heterocycles. The number of nitrogens with one attached hydrogen (secondary N) is 1. The van der Waals surface area contributed by atoms with E-state index in [0.717, 1.165) is 33.8 Å². The molecule has 0 aromatic heterocycles. The van der Waals surface area contributed by atoms with Gasteiger partial charge < -0.3 is 19.5 Å². The smallest absolute Gasteiger partial charge is 0.275 e. The Morgan fingerprint density at radius 1 is 1.00 bits per heavy atom. The van der Waals surface area contributed by atoms with Crippen molar-refractivity contribution < 1.29 is 19.0 Å². The SMILES string of the molecule is CCOc1ccc(N2C(=O)C3=C(C(c4ccc(Cl)cc4)=NCCN3)[C@H]2c2ccc(OC)c(OC)c2)cc1. The van der Waals surface area contributed by atoms with Gasteiger partial charge in [0, 0.05) is 28.4 Å². The minimum absolute atomic E-state index is 0.123. The Labute approximate surface area is 221 Å². The quantitative estimate of drug-likeness (QED) is 0.467. The van der Waals surface area contributed by atoms with Crippen molar-refractivity contribution >= 4 is 28.9 Å². The van der Waals surface area contributed by atoms with Gasteiger partial charge in [-0.15, -0.1) is 0 Å². The van der Waals surface area contributed by atoms with E-state index < -0.39 is 6.04 Å². The molecule has 2 aliphatic rings. The molecule has 2 heterocycles. The molecule has 1 amide bonds. The number of hydrogen-bond donors (Lipinski definition) is 1. The van der Waals surface area contributed by atoms with E-state index in [1.165, 1.54) is 0 Å². The molecule has 0 spiro atoms. The number of hydrogen-bond acceptors (Lipinski definition) is 6. The molecule has 0 saturated heterocycles. The van der Waals surface area contributed by atoms with Crippen LogP contribution in [-0.2, 0) is 4.79 Å². The normalized spacial score (nSPS) is 17.1. The van der Waals surface area contributed by atoms with Crippen LogP contribution < -0.4 is 24.4 Å². The summed E-state index contributed by atoms with van der Waals surface area (Å²) in [4.78, 5) is 20.8. The third-order valence-electron chi connectivity index (χ3n) is 6.44. The molecule has 0 unspecified atom stereocenters. The number of benzene rings is 3. The van der Waals surface area contributed by atoms with Gasteiger partial charge in [0.15, 0.2) is 11.5 Å². The van der Waals surface area contributed by atoms with Crippen LogP contribution in [0.5, 0.6) is 17.2 Å². The predicted octanol–water partition coefficient (Wildman–Crippen LogP) is 5.19. The molecule has 1 atom stereocenters. The number of rotatable bonds is 7. The first kappa shape index (κ1) is 24.7. The predicted molar refractivity (Wildman–Crippen MR) is 145 cm³/mol. The molecule has 8 heteroatoms. The van der Waals surface area contributed by atoms with Gasteiger partial charge in [-0.3, -0.25) is 14.7 Å². The van der Waals surface area contributed by atoms with Crippen molar-refractivity contribution in [2.75, 3.05) is 38.8 Å². The average molecular weight is 518 g/mol. The van der Waals surface area contributed by atoms with Crippen LogP contribution in [-0.4, -0.2) is 45.5 Å². The number of carbonyl (C=O) groups is 1. The third kappa shape index (κ3) is 4.62. The van der Waals surface area contributed by atoms with Gasteiger partial charge in [0.2, 0.25) is 0 Å². The second kappa shape index (κ2) is 10.6. The second-order valence-electron chi connectivity index (χ2n) is 8.57. The van der Waals surface area contributed by atoms with Crippen molar-refractivity contribution in [3.8, 4) is 17.2 Å². The zero-order valence-corrected chi connectivity index (χ0v) is 21.7. The molecular weight excluding hydrogens is 490 g/mol. The van der Waals surface area contributed by atoms with Crippen molar-refractivity contribution in [1.29, 1.82) is 0 Å². The number of halogens is 1. The summed E-state index contributed by atoms with van der Waals surface area (Å²) in [7, 11) is 3.20. The van der Waals surface area contributed by atoms with Crippen LogP contribution in [0.15, 0.2) is 83.0 Å². The minimum Gasteiger partial charge on any atom is -0.494 e. The van der Waals surface area contributed by atoms with E-state index in [4.69, 9.17) is 30.8 Å². The second-order valence-corrected chi connectivity index (χ2v) is 9.01. The fourth-order valence-electron chi connectivity index (χ4n) is 4.80. The first-order chi connectivity index (χ1) is 18.0. The average Bonchev–Trinajstić information content (AvgIpc) is 3.06. The standard InChI is InChI=1S/C29H28ClN3O4/c1-4-37-22-12-10-21(11-13-22)33-28(19-7-14-23(35-2)24(17-19)36-3)25-26(18-5-8-20(30)9-6-18)31-15-16-32-27(25)29(33)34/h5-14,17,28,32H,4,15-16H2,1-3H3/t28-/m1/s1. The Balaban J connectivity index is 1.69. The van der Waals surface area contributed by atoms with Crippen molar-refractivity contribution in [3.05, 3.63) is 94.1 Å². The van der Waals surface area contributed by atoms with Gasteiger partial charge in [-0.2, -0.15) is 0 Å². The number of carbonyl (C=O) groups excluding carboxylic acids is 1. The number of methoxy groups -OCH3 is 2. The molecule has 0 aliphatic carbocycles. The zero-order valence-electron chi connectivity index (χ0n) is 21.0. The van der Waals surface area contributed by atoms with E-state index in [1.54, 1.807) is 19.1 Å². The van der Waals surface area contributed by atoms with E-state index in [9.17, 15) is 4.79 Å². The molecule has 3 aromatic rings. The van der Waals surface area contributed by atoms with Gasteiger partial charge >= 0.3 is 0 Å². The molecule has 0 radical (unpaired) electrons. The number of amides is 1. The highest BCUT2D eigenvalue weighted by molar-refractivity contribution is 6.31. The van der Waals surface area contributed by atoms with Gasteiger partial charge in [-0.1, -0.05) is 29.8 Å². The molecule has 0 fully saturated rings. The van der Waals surface area contributed by atoms with Crippen molar-refractivity contribution in [2.24, 2.45) is 4.99 Å². The molecule has 1 N–H and O–H groups in total. The van der Waals surface area contributed by atoms with Crippen molar-refractivity contribution in [2.45, 2.75) is 13.0 Å². The van der Waals surface area contributed by atoms with Gasteiger partial charge in [-0.25, -0.2) is 0 Å². The van der Waals surface area contributed by atoms with E-state index in [0.29, 0.717) is 41.9 Å². The van der Waals surface area contributed by atoms with Gasteiger partial charge in [-0.05, 0) is 61.0 Å². The Kier molecular flexibility index (Phi) is 7.06. The number of ether oxygens (including phenoxy) is 3. The fourth-order valence-corrected chi connectivity index (χ4v) is 4.93. The fraction of sp³-hybridized carbons (Fsp3) is 0.241. The topological polar surface area (TPSA) is 72.4 Å². The number of aliphatic imine (C=N–C) groups is 1. The van der Waals surface area contributed by atoms with Crippen LogP contribution in [0.25, 0.3) is 0 Å². The maximum Gasteiger partial charge on any atom is 0.275 e. The summed E-state index contributed by atoms with van der Waals surface area (Å²) in [5.41, 5.74) is 4.63. The summed E-state index contributed by atoms with van der Waals surface area (Å²) in [6.45, 7) is 3.60. The third-order valence-corrected chi connectivity index (χ3v) is 6.69. The summed E-state index contributed by atoms with van der Waals surface area (Å²) in [6.07, 6.45) is 0. The Hall–Kier alpha value is -3.97. The highest BCUT2D eigenvalue weighted by atomic mass is 35.5. The Morgan fingerprint density at radius 3 is 2.41 bits per heavy atom. The molecular formula is C29H28ClN3O4. The summed E-state index contributed by atoms with van der Waals surface area (Å²) in [5.74, 6) is 1.82. The molecule has 0 bridgehead atoms. The number of nitrogens with zero attached hydrogens (tertiary/aromatic N) is 2.